The van der Waals surface area contributed by atoms with Crippen LogP contribution in [0.5, 0.6) is 0 Å². The molecule has 0 aromatic carbocycles. The number of nitrogens with two attached hydrogens (primary N) is 1. The van der Waals surface area contributed by atoms with Gasteiger partial charge in [0.05, 0.1) is 0 Å². The van der Waals surface area contributed by atoms with Gasteiger partial charge in [-0.1, -0.05) is 0 Å². The van der Waals surface area contributed by atoms with Crippen molar-refractivity contribution >= 4 is 12.2 Å². The van der Waals surface area contributed by atoms with Crippen LogP contribution in [0.25, 0.3) is 0 Å². The van der Waals surface area contributed by atoms with E-state index in [2.05, 4.69) is 0 Å². The van der Waals surface area contributed by atoms with E-state index in [0.717, 1.165) is 12.8 Å². The van der Waals surface area contributed by atoms with Crippen LogP contribution in [0.3, 0.4) is 0 Å². The minimum atomic E-state index is -0.793. The molecule has 1 aromatic heterocycles. The summed E-state index contributed by atoms with van der Waals surface area (Å²) in [5, 5.41) is 0. The minimum absolute atomic E-state index is 0.119. The largest absolute Gasteiger partial charge is 0.365 e. The summed E-state index contributed by atoms with van der Waals surface area (Å²) < 4.78 is 1.42. The van der Waals surface area contributed by atoms with Crippen LogP contribution < -0.4 is 11.3 Å². The second-order valence-electron chi connectivity index (χ2n) is 3.61. The van der Waals surface area contributed by atoms with E-state index in [-0.39, 0.29) is 11.6 Å². The molecule has 1 fully saturated rings. The summed E-state index contributed by atoms with van der Waals surface area (Å²) in [6.07, 6.45) is 3.88. The summed E-state index contributed by atoms with van der Waals surface area (Å²) in [4.78, 5) is 33.3. The lowest BCUT2D eigenvalue weighted by atomic mass is 10.2. The molecule has 1 saturated carbocycles. The normalized spacial score (nSPS) is 14.9. The van der Waals surface area contributed by atoms with E-state index in [1.807, 2.05) is 0 Å². The third-order valence-corrected chi connectivity index (χ3v) is 2.41. The second-order valence-corrected chi connectivity index (χ2v) is 3.61. The van der Waals surface area contributed by atoms with Gasteiger partial charge in [-0.25, -0.2) is 0 Å². The maximum atomic E-state index is 11.7. The summed E-state index contributed by atoms with van der Waals surface area (Å²) >= 11 is 0. The third-order valence-electron chi connectivity index (χ3n) is 2.41. The van der Waals surface area contributed by atoms with E-state index in [0.29, 0.717) is 11.8 Å². The molecule has 0 aliphatic heterocycles. The van der Waals surface area contributed by atoms with Crippen LogP contribution in [0.4, 0.5) is 0 Å². The molecule has 78 valence electrons. The summed E-state index contributed by atoms with van der Waals surface area (Å²) in [7, 11) is 0. The van der Waals surface area contributed by atoms with Gasteiger partial charge in [-0.3, -0.25) is 14.4 Å². The van der Waals surface area contributed by atoms with E-state index in [1.54, 1.807) is 0 Å². The van der Waals surface area contributed by atoms with Crippen molar-refractivity contribution in [1.82, 2.24) is 4.57 Å². The van der Waals surface area contributed by atoms with Crippen LogP contribution in [0.2, 0.25) is 0 Å². The lowest BCUT2D eigenvalue weighted by molar-refractivity contribution is 0.0998. The molecule has 2 rings (SSSR count). The number of pyridine rings is 1. The Bertz CT molecular complexity index is 486. The highest BCUT2D eigenvalue weighted by Crippen LogP contribution is 2.33. The number of hydrogen-bond acceptors (Lipinski definition) is 3. The Morgan fingerprint density at radius 3 is 2.67 bits per heavy atom. The molecule has 0 unspecified atom stereocenters. The van der Waals surface area contributed by atoms with Gasteiger partial charge in [0.2, 0.25) is 0 Å². The first-order valence-electron chi connectivity index (χ1n) is 4.64. The van der Waals surface area contributed by atoms with Crippen molar-refractivity contribution in [3.8, 4) is 0 Å². The van der Waals surface area contributed by atoms with Crippen molar-refractivity contribution in [1.29, 1.82) is 0 Å². The van der Waals surface area contributed by atoms with Crippen molar-refractivity contribution in [3.05, 3.63) is 33.7 Å². The topological polar surface area (TPSA) is 82.2 Å². The Kier molecular flexibility index (Phi) is 2.15. The molecule has 1 aromatic rings. The summed E-state index contributed by atoms with van der Waals surface area (Å²) in [5.41, 5.74) is 4.83. The smallest absolute Gasteiger partial charge is 0.263 e. The van der Waals surface area contributed by atoms with Crippen LogP contribution in [0.15, 0.2) is 17.1 Å². The number of carbonyl (C=O) groups excluding carboxylic acids is 2. The maximum Gasteiger partial charge on any atom is 0.263 e. The summed E-state index contributed by atoms with van der Waals surface area (Å²) in [6.45, 7) is 0. The van der Waals surface area contributed by atoms with Crippen LogP contribution in [0.1, 0.15) is 39.6 Å². The molecule has 0 bridgehead atoms. The zero-order chi connectivity index (χ0) is 11.0. The number of nitrogens with zero attached hydrogens (tertiary/aromatic N) is 1. The molecule has 2 N–H and O–H groups in total. The first-order valence-corrected chi connectivity index (χ1v) is 4.64. The molecule has 0 spiro atoms. The fourth-order valence-electron chi connectivity index (χ4n) is 1.49. The predicted molar refractivity (Wildman–Crippen MR) is 52.9 cm³/mol. The molecule has 5 nitrogen and oxygen atoms in total. The van der Waals surface area contributed by atoms with Gasteiger partial charge in [-0.15, -0.1) is 0 Å². The maximum absolute atomic E-state index is 11.7. The lowest BCUT2D eigenvalue weighted by Gasteiger charge is -2.05. The van der Waals surface area contributed by atoms with Crippen molar-refractivity contribution in [2.45, 2.75) is 18.9 Å². The molecule has 5 heteroatoms. The summed E-state index contributed by atoms with van der Waals surface area (Å²) in [5.74, 6) is -0.793. The standard InChI is InChI=1S/C10H10N2O3/c11-9(14)8-3-6(5-13)4-12(10(8)15)7-1-2-7/h3-5,7H,1-2H2,(H2,11,14). The molecular formula is C10H10N2O3. The Labute approximate surface area is 85.5 Å². The number of carbonyl (C=O) groups is 2. The van der Waals surface area contributed by atoms with E-state index in [4.69, 9.17) is 5.73 Å². The van der Waals surface area contributed by atoms with Gasteiger partial charge in [0, 0.05) is 17.8 Å². The molecule has 15 heavy (non-hydrogen) atoms. The molecule has 0 radical (unpaired) electrons. The van der Waals surface area contributed by atoms with Gasteiger partial charge in [0.15, 0.2) is 6.29 Å². The Balaban J connectivity index is 2.64. The molecule has 0 atom stereocenters. The number of hydrogen-bond donors (Lipinski definition) is 1. The van der Waals surface area contributed by atoms with Gasteiger partial charge >= 0.3 is 0 Å². The fourth-order valence-corrected chi connectivity index (χ4v) is 1.49. The van der Waals surface area contributed by atoms with E-state index in [1.165, 1.54) is 16.8 Å². The Morgan fingerprint density at radius 1 is 1.53 bits per heavy atom. The monoisotopic (exact) mass is 206 g/mol. The SMILES string of the molecule is NC(=O)c1cc(C=O)cn(C2CC2)c1=O. The average molecular weight is 206 g/mol. The van der Waals surface area contributed by atoms with Gasteiger partial charge in [0.1, 0.15) is 5.56 Å². The first-order chi connectivity index (χ1) is 7.13. The van der Waals surface area contributed by atoms with Gasteiger partial charge in [-0.2, -0.15) is 0 Å². The third kappa shape index (κ3) is 1.68. The van der Waals surface area contributed by atoms with Gasteiger partial charge in [0.25, 0.3) is 11.5 Å². The zero-order valence-electron chi connectivity index (χ0n) is 7.97. The Morgan fingerprint density at radius 2 is 2.20 bits per heavy atom. The lowest BCUT2D eigenvalue weighted by Crippen LogP contribution is -2.29. The number of aldehydes is 1. The van der Waals surface area contributed by atoms with Gasteiger partial charge in [-0.05, 0) is 18.9 Å². The van der Waals surface area contributed by atoms with E-state index < -0.39 is 11.5 Å². The fraction of sp³-hybridized carbons (Fsp3) is 0.300. The molecule has 1 aliphatic carbocycles. The van der Waals surface area contributed by atoms with Crippen molar-refractivity contribution in [2.75, 3.05) is 0 Å². The number of amides is 1. The highest BCUT2D eigenvalue weighted by molar-refractivity contribution is 5.94. The van der Waals surface area contributed by atoms with Crippen molar-refractivity contribution < 1.29 is 9.59 Å². The molecule has 0 saturated heterocycles. The quantitative estimate of drug-likeness (QED) is 0.712. The van der Waals surface area contributed by atoms with Crippen LogP contribution >= 0.6 is 0 Å². The Hall–Kier alpha value is -1.91. The number of aromatic nitrogens is 1. The zero-order valence-corrected chi connectivity index (χ0v) is 7.97. The highest BCUT2D eigenvalue weighted by atomic mass is 16.2. The molecular weight excluding hydrogens is 196 g/mol. The van der Waals surface area contributed by atoms with Gasteiger partial charge < -0.3 is 10.3 Å². The number of primary amides is 1. The van der Waals surface area contributed by atoms with Crippen molar-refractivity contribution in [3.63, 3.8) is 0 Å². The highest BCUT2D eigenvalue weighted by Gasteiger charge is 2.26. The molecule has 1 heterocycles. The van der Waals surface area contributed by atoms with E-state index >= 15 is 0 Å². The van der Waals surface area contributed by atoms with Crippen molar-refractivity contribution in [2.24, 2.45) is 5.73 Å². The van der Waals surface area contributed by atoms with E-state index in [9.17, 15) is 14.4 Å². The van der Waals surface area contributed by atoms with Crippen LogP contribution in [-0.4, -0.2) is 16.8 Å². The first kappa shape index (κ1) is 9.64. The molecule has 1 aliphatic rings. The number of rotatable bonds is 3. The predicted octanol–water partition coefficient (Wildman–Crippen LogP) is 0.0946. The summed E-state index contributed by atoms with van der Waals surface area (Å²) in [6, 6.07) is 1.35. The van der Waals surface area contributed by atoms with Crippen LogP contribution in [0, 0.1) is 0 Å². The minimum Gasteiger partial charge on any atom is -0.365 e. The van der Waals surface area contributed by atoms with Crippen LogP contribution in [-0.2, 0) is 0 Å². The average Bonchev–Trinajstić information content (AvgIpc) is 3.01. The second kappa shape index (κ2) is 3.34. The molecule has 1 amide bonds.